The van der Waals surface area contributed by atoms with Crippen molar-refractivity contribution in [3.63, 3.8) is 0 Å². The van der Waals surface area contributed by atoms with E-state index < -0.39 is 5.97 Å². The number of nitrogens with one attached hydrogen (secondary N) is 2. The summed E-state index contributed by atoms with van der Waals surface area (Å²) in [4.78, 5) is 23.5. The van der Waals surface area contributed by atoms with Crippen molar-refractivity contribution in [3.05, 3.63) is 29.8 Å². The molecule has 0 heterocycles. The Bertz CT molecular complexity index is 474. The molecule has 0 aliphatic heterocycles. The minimum atomic E-state index is -0.573. The lowest BCUT2D eigenvalue weighted by Crippen LogP contribution is -2.31. The highest BCUT2D eigenvalue weighted by molar-refractivity contribution is 5.96. The second-order valence-electron chi connectivity index (χ2n) is 4.97. The molecule has 0 atom stereocenters. The monoisotopic (exact) mass is 294 g/mol. The summed E-state index contributed by atoms with van der Waals surface area (Å²) >= 11 is 0. The highest BCUT2D eigenvalue weighted by atomic mass is 16.5. The SMILES string of the molecule is CC(C)CNC(=O)COC(=O)c1ccccc1NCCO. The maximum absolute atomic E-state index is 12.0. The number of esters is 1. The molecular weight excluding hydrogens is 272 g/mol. The van der Waals surface area contributed by atoms with E-state index in [1.54, 1.807) is 24.3 Å². The van der Waals surface area contributed by atoms with Crippen molar-refractivity contribution in [1.82, 2.24) is 5.32 Å². The molecule has 0 fully saturated rings. The summed E-state index contributed by atoms with van der Waals surface area (Å²) in [5, 5.41) is 14.4. The van der Waals surface area contributed by atoms with Gasteiger partial charge in [0.25, 0.3) is 5.91 Å². The number of para-hydroxylation sites is 1. The Morgan fingerprint density at radius 1 is 1.29 bits per heavy atom. The van der Waals surface area contributed by atoms with Crippen molar-refractivity contribution >= 4 is 17.6 Å². The van der Waals surface area contributed by atoms with Gasteiger partial charge in [-0.1, -0.05) is 26.0 Å². The number of carbonyl (C=O) groups excluding carboxylic acids is 2. The largest absolute Gasteiger partial charge is 0.452 e. The van der Waals surface area contributed by atoms with Crippen molar-refractivity contribution in [2.75, 3.05) is 31.6 Å². The van der Waals surface area contributed by atoms with Gasteiger partial charge < -0.3 is 20.5 Å². The first kappa shape index (κ1) is 17.0. The molecule has 1 aromatic carbocycles. The van der Waals surface area contributed by atoms with Gasteiger partial charge >= 0.3 is 5.97 Å². The number of amides is 1. The zero-order valence-electron chi connectivity index (χ0n) is 12.4. The molecule has 1 amide bonds. The zero-order chi connectivity index (χ0) is 15.7. The molecule has 0 saturated heterocycles. The Balaban J connectivity index is 2.53. The second-order valence-corrected chi connectivity index (χ2v) is 4.97. The van der Waals surface area contributed by atoms with Gasteiger partial charge in [0, 0.05) is 18.8 Å². The lowest BCUT2D eigenvalue weighted by Gasteiger charge is -2.11. The van der Waals surface area contributed by atoms with Crippen LogP contribution >= 0.6 is 0 Å². The summed E-state index contributed by atoms with van der Waals surface area (Å²) in [6.07, 6.45) is 0. The molecule has 3 N–H and O–H groups in total. The molecule has 1 rings (SSSR count). The third kappa shape index (κ3) is 6.27. The molecule has 0 saturated carbocycles. The molecule has 21 heavy (non-hydrogen) atoms. The van der Waals surface area contributed by atoms with Gasteiger partial charge in [0.2, 0.25) is 0 Å². The number of anilines is 1. The third-order valence-corrected chi connectivity index (χ3v) is 2.62. The standard InChI is InChI=1S/C15H22N2O4/c1-11(2)9-17-14(19)10-21-15(20)12-5-3-4-6-13(12)16-7-8-18/h3-6,11,16,18H,7-10H2,1-2H3,(H,17,19). The van der Waals surface area contributed by atoms with Crippen LogP contribution in [-0.4, -0.2) is 43.3 Å². The van der Waals surface area contributed by atoms with Gasteiger partial charge in [0.1, 0.15) is 0 Å². The highest BCUT2D eigenvalue weighted by Gasteiger charge is 2.14. The van der Waals surface area contributed by atoms with Crippen molar-refractivity contribution in [1.29, 1.82) is 0 Å². The predicted molar refractivity (Wildman–Crippen MR) is 80.1 cm³/mol. The molecule has 0 aromatic heterocycles. The van der Waals surface area contributed by atoms with Gasteiger partial charge in [0.05, 0.1) is 12.2 Å². The number of hydrogen-bond acceptors (Lipinski definition) is 5. The number of carbonyl (C=O) groups is 2. The number of benzene rings is 1. The van der Waals surface area contributed by atoms with Crippen LogP contribution in [0.5, 0.6) is 0 Å². The van der Waals surface area contributed by atoms with E-state index in [0.29, 0.717) is 30.3 Å². The van der Waals surface area contributed by atoms with Crippen LogP contribution in [0.1, 0.15) is 24.2 Å². The molecule has 6 nitrogen and oxygen atoms in total. The summed E-state index contributed by atoms with van der Waals surface area (Å²) < 4.78 is 4.99. The fraction of sp³-hybridized carbons (Fsp3) is 0.467. The summed E-state index contributed by atoms with van der Waals surface area (Å²) in [5.41, 5.74) is 0.904. The van der Waals surface area contributed by atoms with E-state index in [0.717, 1.165) is 0 Å². The van der Waals surface area contributed by atoms with E-state index in [4.69, 9.17) is 9.84 Å². The fourth-order valence-corrected chi connectivity index (χ4v) is 1.58. The molecule has 0 bridgehead atoms. The zero-order valence-corrected chi connectivity index (χ0v) is 12.4. The Labute approximate surface area is 124 Å². The molecule has 0 radical (unpaired) electrons. The van der Waals surface area contributed by atoms with E-state index in [9.17, 15) is 9.59 Å². The third-order valence-electron chi connectivity index (χ3n) is 2.62. The fourth-order valence-electron chi connectivity index (χ4n) is 1.58. The van der Waals surface area contributed by atoms with Gasteiger partial charge in [-0.25, -0.2) is 4.79 Å². The number of rotatable bonds is 8. The predicted octanol–water partition coefficient (Wildman–Crippen LogP) is 1.02. The normalized spacial score (nSPS) is 10.3. The van der Waals surface area contributed by atoms with Crippen LogP contribution in [-0.2, 0) is 9.53 Å². The Morgan fingerprint density at radius 2 is 2.00 bits per heavy atom. The molecule has 6 heteroatoms. The molecule has 0 unspecified atom stereocenters. The minimum absolute atomic E-state index is 0.0407. The second kappa shape index (κ2) is 8.97. The molecule has 116 valence electrons. The van der Waals surface area contributed by atoms with E-state index in [1.165, 1.54) is 0 Å². The summed E-state index contributed by atoms with van der Waals surface area (Å²) in [5.74, 6) is -0.554. The van der Waals surface area contributed by atoms with Crippen LogP contribution in [0.15, 0.2) is 24.3 Å². The molecule has 1 aromatic rings. The summed E-state index contributed by atoms with van der Waals surface area (Å²) in [6, 6.07) is 6.80. The van der Waals surface area contributed by atoms with Gasteiger partial charge in [-0.3, -0.25) is 4.79 Å². The van der Waals surface area contributed by atoms with Crippen LogP contribution in [0.25, 0.3) is 0 Å². The lowest BCUT2D eigenvalue weighted by atomic mass is 10.2. The number of ether oxygens (including phenoxy) is 1. The van der Waals surface area contributed by atoms with Crippen LogP contribution in [0.4, 0.5) is 5.69 Å². The van der Waals surface area contributed by atoms with Crippen LogP contribution in [0.3, 0.4) is 0 Å². The summed E-state index contributed by atoms with van der Waals surface area (Å²) in [7, 11) is 0. The smallest absolute Gasteiger partial charge is 0.340 e. The van der Waals surface area contributed by atoms with Crippen molar-refractivity contribution in [2.45, 2.75) is 13.8 Å². The minimum Gasteiger partial charge on any atom is -0.452 e. The quantitative estimate of drug-likeness (QED) is 0.623. The average molecular weight is 294 g/mol. The number of aliphatic hydroxyl groups is 1. The first-order valence-electron chi connectivity index (χ1n) is 6.92. The lowest BCUT2D eigenvalue weighted by molar-refractivity contribution is -0.124. The van der Waals surface area contributed by atoms with E-state index in [-0.39, 0.29) is 19.1 Å². The first-order valence-corrected chi connectivity index (χ1v) is 6.92. The maximum atomic E-state index is 12.0. The number of aliphatic hydroxyl groups excluding tert-OH is 1. The van der Waals surface area contributed by atoms with Crippen LogP contribution in [0, 0.1) is 5.92 Å². The van der Waals surface area contributed by atoms with Crippen LogP contribution < -0.4 is 10.6 Å². The molecule has 0 spiro atoms. The van der Waals surface area contributed by atoms with Gasteiger partial charge in [-0.2, -0.15) is 0 Å². The molecule has 0 aliphatic rings. The highest BCUT2D eigenvalue weighted by Crippen LogP contribution is 2.15. The van der Waals surface area contributed by atoms with Crippen molar-refractivity contribution in [2.24, 2.45) is 5.92 Å². The molecule has 0 aliphatic carbocycles. The maximum Gasteiger partial charge on any atom is 0.340 e. The first-order chi connectivity index (χ1) is 10.0. The van der Waals surface area contributed by atoms with E-state index in [2.05, 4.69) is 10.6 Å². The Morgan fingerprint density at radius 3 is 2.67 bits per heavy atom. The Hall–Kier alpha value is -2.08. The van der Waals surface area contributed by atoms with Gasteiger partial charge in [0.15, 0.2) is 6.61 Å². The molecular formula is C15H22N2O4. The van der Waals surface area contributed by atoms with Crippen molar-refractivity contribution in [3.8, 4) is 0 Å². The van der Waals surface area contributed by atoms with Crippen LogP contribution in [0.2, 0.25) is 0 Å². The van der Waals surface area contributed by atoms with Gasteiger partial charge in [-0.15, -0.1) is 0 Å². The van der Waals surface area contributed by atoms with Crippen molar-refractivity contribution < 1.29 is 19.4 Å². The average Bonchev–Trinajstić information content (AvgIpc) is 2.48. The Kier molecular flexibility index (Phi) is 7.25. The van der Waals surface area contributed by atoms with E-state index in [1.807, 2.05) is 13.8 Å². The number of hydrogen-bond donors (Lipinski definition) is 3. The van der Waals surface area contributed by atoms with E-state index >= 15 is 0 Å². The topological polar surface area (TPSA) is 87.7 Å². The van der Waals surface area contributed by atoms with Gasteiger partial charge in [-0.05, 0) is 18.1 Å². The summed E-state index contributed by atoms with van der Waals surface area (Å²) in [6.45, 7) is 4.50.